The summed E-state index contributed by atoms with van der Waals surface area (Å²) in [5, 5.41) is 17.2. The lowest BCUT2D eigenvalue weighted by molar-refractivity contribution is -0.384. The summed E-state index contributed by atoms with van der Waals surface area (Å²) in [4.78, 5) is 14.7. The fourth-order valence-corrected chi connectivity index (χ4v) is 2.62. The summed E-state index contributed by atoms with van der Waals surface area (Å²) in [6.45, 7) is 0. The van der Waals surface area contributed by atoms with Crippen molar-refractivity contribution in [1.29, 1.82) is 0 Å². The molecule has 0 atom stereocenters. The molecule has 120 valence electrons. The molecular weight excluding hydrogens is 331 g/mol. The van der Waals surface area contributed by atoms with Gasteiger partial charge in [0.2, 0.25) is 5.13 Å². The zero-order valence-corrected chi connectivity index (χ0v) is 13.0. The number of hydrogen-bond acceptors (Lipinski definition) is 6. The Bertz CT molecular complexity index is 893. The minimum absolute atomic E-state index is 0.0179. The van der Waals surface area contributed by atoms with Gasteiger partial charge in [0.1, 0.15) is 5.82 Å². The average molecular weight is 342 g/mol. The van der Waals surface area contributed by atoms with Crippen LogP contribution in [0.25, 0.3) is 11.3 Å². The van der Waals surface area contributed by atoms with Crippen molar-refractivity contribution in [3.05, 3.63) is 75.4 Å². The summed E-state index contributed by atoms with van der Waals surface area (Å²) in [6, 6.07) is 12.2. The molecule has 0 aliphatic heterocycles. The Labute approximate surface area is 140 Å². The van der Waals surface area contributed by atoms with Crippen molar-refractivity contribution in [2.45, 2.75) is 0 Å². The van der Waals surface area contributed by atoms with Crippen LogP contribution in [0, 0.1) is 15.9 Å². The quantitative estimate of drug-likeness (QED) is 0.426. The molecule has 0 unspecified atom stereocenters. The Balaban J connectivity index is 1.70. The number of nitro benzene ring substituents is 1. The first-order valence-corrected chi connectivity index (χ1v) is 7.75. The number of non-ortho nitro benzene ring substituents is 1. The van der Waals surface area contributed by atoms with Crippen molar-refractivity contribution >= 4 is 28.4 Å². The average Bonchev–Trinajstić information content (AvgIpc) is 3.06. The van der Waals surface area contributed by atoms with Crippen LogP contribution < -0.4 is 5.43 Å². The summed E-state index contributed by atoms with van der Waals surface area (Å²) in [5.41, 5.74) is 4.84. The maximum absolute atomic E-state index is 12.8. The molecular formula is C16H11FN4O2S. The third kappa shape index (κ3) is 3.79. The minimum atomic E-state index is -0.442. The Morgan fingerprint density at radius 3 is 2.79 bits per heavy atom. The van der Waals surface area contributed by atoms with Crippen LogP contribution in [0.1, 0.15) is 5.56 Å². The second-order valence-electron chi connectivity index (χ2n) is 4.77. The Hall–Kier alpha value is -3.13. The zero-order valence-electron chi connectivity index (χ0n) is 12.2. The van der Waals surface area contributed by atoms with Crippen molar-refractivity contribution in [3.8, 4) is 11.3 Å². The highest BCUT2D eigenvalue weighted by Gasteiger charge is 2.09. The van der Waals surface area contributed by atoms with Crippen LogP contribution in [0.2, 0.25) is 0 Å². The van der Waals surface area contributed by atoms with Gasteiger partial charge in [0, 0.05) is 23.1 Å². The molecule has 0 aliphatic rings. The molecule has 1 heterocycles. The Morgan fingerprint density at radius 1 is 1.25 bits per heavy atom. The van der Waals surface area contributed by atoms with E-state index in [1.54, 1.807) is 35.9 Å². The summed E-state index contributed by atoms with van der Waals surface area (Å²) in [6.07, 6.45) is 1.55. The van der Waals surface area contributed by atoms with E-state index in [2.05, 4.69) is 15.5 Å². The van der Waals surface area contributed by atoms with Crippen LogP contribution >= 0.6 is 11.3 Å². The summed E-state index contributed by atoms with van der Waals surface area (Å²) < 4.78 is 12.8. The first-order valence-electron chi connectivity index (χ1n) is 6.87. The molecule has 1 N–H and O–H groups in total. The third-order valence-corrected chi connectivity index (χ3v) is 3.85. The van der Waals surface area contributed by atoms with E-state index in [0.29, 0.717) is 16.4 Å². The monoisotopic (exact) mass is 342 g/mol. The van der Waals surface area contributed by atoms with Crippen molar-refractivity contribution in [2.75, 3.05) is 5.43 Å². The normalized spacial score (nSPS) is 10.9. The van der Waals surface area contributed by atoms with Crippen molar-refractivity contribution in [3.63, 3.8) is 0 Å². The largest absolute Gasteiger partial charge is 0.270 e. The van der Waals surface area contributed by atoms with Crippen LogP contribution in [-0.2, 0) is 0 Å². The molecule has 0 amide bonds. The van der Waals surface area contributed by atoms with Crippen molar-refractivity contribution < 1.29 is 9.31 Å². The van der Waals surface area contributed by atoms with Crippen LogP contribution in [0.15, 0.2) is 59.0 Å². The number of anilines is 1. The maximum Gasteiger partial charge on any atom is 0.270 e. The highest BCUT2D eigenvalue weighted by Crippen LogP contribution is 2.27. The zero-order chi connectivity index (χ0) is 16.9. The van der Waals surface area contributed by atoms with Gasteiger partial charge in [0.05, 0.1) is 16.8 Å². The lowest BCUT2D eigenvalue weighted by atomic mass is 10.1. The SMILES string of the molecule is O=[N+]([O-])c1cccc(-c2csc(N/N=C\c3ccc(F)cc3)n2)c1. The second kappa shape index (κ2) is 6.97. The van der Waals surface area contributed by atoms with Gasteiger partial charge in [-0.15, -0.1) is 11.3 Å². The number of hydrogen-bond donors (Lipinski definition) is 1. The number of nitrogens with one attached hydrogen (secondary N) is 1. The van der Waals surface area contributed by atoms with E-state index in [9.17, 15) is 14.5 Å². The number of hydrazone groups is 1. The molecule has 8 heteroatoms. The molecule has 3 aromatic rings. The molecule has 0 spiro atoms. The lowest BCUT2D eigenvalue weighted by Crippen LogP contribution is -1.91. The van der Waals surface area contributed by atoms with Gasteiger partial charge in [-0.2, -0.15) is 5.10 Å². The number of rotatable bonds is 5. The summed E-state index contributed by atoms with van der Waals surface area (Å²) in [7, 11) is 0. The number of halogens is 1. The van der Waals surface area contributed by atoms with Gasteiger partial charge in [-0.3, -0.25) is 15.5 Å². The number of aromatic nitrogens is 1. The first-order chi connectivity index (χ1) is 11.6. The van der Waals surface area contributed by atoms with E-state index in [1.807, 2.05) is 0 Å². The Morgan fingerprint density at radius 2 is 2.04 bits per heavy atom. The van der Waals surface area contributed by atoms with E-state index < -0.39 is 4.92 Å². The van der Waals surface area contributed by atoms with Gasteiger partial charge in [-0.1, -0.05) is 24.3 Å². The Kier molecular flexibility index (Phi) is 4.57. The lowest BCUT2D eigenvalue weighted by Gasteiger charge is -1.97. The van der Waals surface area contributed by atoms with Crippen LogP contribution in [0.5, 0.6) is 0 Å². The van der Waals surface area contributed by atoms with Crippen LogP contribution in [0.3, 0.4) is 0 Å². The summed E-state index contributed by atoms with van der Waals surface area (Å²) >= 11 is 1.33. The van der Waals surface area contributed by atoms with E-state index in [-0.39, 0.29) is 11.5 Å². The molecule has 0 saturated heterocycles. The molecule has 0 saturated carbocycles. The number of benzene rings is 2. The second-order valence-corrected chi connectivity index (χ2v) is 5.62. The molecule has 2 aromatic carbocycles. The molecule has 0 aliphatic carbocycles. The minimum Gasteiger partial charge on any atom is -0.258 e. The number of thiazole rings is 1. The van der Waals surface area contributed by atoms with Crippen molar-refractivity contribution in [1.82, 2.24) is 4.98 Å². The predicted octanol–water partition coefficient (Wildman–Crippen LogP) is 4.30. The van der Waals surface area contributed by atoms with Gasteiger partial charge in [-0.05, 0) is 17.7 Å². The van der Waals surface area contributed by atoms with Gasteiger partial charge in [0.15, 0.2) is 0 Å². The van der Waals surface area contributed by atoms with Crippen LogP contribution in [-0.4, -0.2) is 16.1 Å². The summed E-state index contributed by atoms with van der Waals surface area (Å²) in [5.74, 6) is -0.304. The first kappa shape index (κ1) is 15.8. The maximum atomic E-state index is 12.8. The highest BCUT2D eigenvalue weighted by atomic mass is 32.1. The van der Waals surface area contributed by atoms with Gasteiger partial charge in [0.25, 0.3) is 5.69 Å². The number of nitrogens with zero attached hydrogens (tertiary/aromatic N) is 3. The fraction of sp³-hybridized carbons (Fsp3) is 0. The van der Waals surface area contributed by atoms with Gasteiger partial charge >= 0.3 is 0 Å². The van der Waals surface area contributed by atoms with Crippen LogP contribution in [0.4, 0.5) is 15.2 Å². The molecule has 3 rings (SSSR count). The smallest absolute Gasteiger partial charge is 0.258 e. The molecule has 0 bridgehead atoms. The van der Waals surface area contributed by atoms with E-state index in [4.69, 9.17) is 0 Å². The highest BCUT2D eigenvalue weighted by molar-refractivity contribution is 7.14. The standard InChI is InChI=1S/C16H11FN4O2S/c17-13-6-4-11(5-7-13)9-18-20-16-19-15(10-24-16)12-2-1-3-14(8-12)21(22)23/h1-10H,(H,19,20)/b18-9-. The van der Waals surface area contributed by atoms with E-state index in [1.165, 1.54) is 35.6 Å². The third-order valence-electron chi connectivity index (χ3n) is 3.10. The molecule has 0 fully saturated rings. The van der Waals surface area contributed by atoms with E-state index >= 15 is 0 Å². The molecule has 6 nitrogen and oxygen atoms in total. The van der Waals surface area contributed by atoms with Crippen molar-refractivity contribution in [2.24, 2.45) is 5.10 Å². The molecule has 1 aromatic heterocycles. The fourth-order valence-electron chi connectivity index (χ4n) is 1.95. The van der Waals surface area contributed by atoms with Gasteiger partial charge < -0.3 is 0 Å². The topological polar surface area (TPSA) is 80.4 Å². The molecule has 24 heavy (non-hydrogen) atoms. The molecule has 0 radical (unpaired) electrons. The van der Waals surface area contributed by atoms with E-state index in [0.717, 1.165) is 5.56 Å². The predicted molar refractivity (Wildman–Crippen MR) is 91.8 cm³/mol. The number of nitro groups is 1. The van der Waals surface area contributed by atoms with Gasteiger partial charge in [-0.25, -0.2) is 9.37 Å².